The summed E-state index contributed by atoms with van der Waals surface area (Å²) in [5.74, 6) is 0.736. The standard InChI is InChI=1S/C29H26.C26H23N.C19H22.C3H8.2C2H6/c1-21-26(25-19-17-23(18-20-25)22-9-3-2-4-10-22)15-8-16-27(21)29-14-6-5-13-28(29)24-11-7-12-24;1-19-9-11-20(12-10-19)21-13-15-22(16-14-21)23-6-4-7-24(17-23)26-8-3-2-5-25(26)18-27;1-15-9-13-19(14-10-15)17(3)12-11-16(2)18-7-5-4-6-8-18;1-3-2;2*1-2/h2-6,8-10,13-20,24H,7,11-12H2,1H3;2-17H,18,27H2,1H3;4-5,7,9-14H,6,8H2,1-3H3;3H2,1-2H3;2*1-2H3/b;;16-11+,17-12+;;;. The maximum atomic E-state index is 5.92. The zero-order valence-electron chi connectivity index (χ0n) is 51.3. The van der Waals surface area contributed by atoms with E-state index >= 15 is 0 Å². The number of aryl methyl sites for hydroxylation is 2. The van der Waals surface area contributed by atoms with Gasteiger partial charge in [-0.1, -0.05) is 308 Å². The van der Waals surface area contributed by atoms with Crippen molar-refractivity contribution in [2.75, 3.05) is 0 Å². The van der Waals surface area contributed by atoms with Gasteiger partial charge in [0.2, 0.25) is 0 Å². The number of rotatable bonds is 11. The minimum Gasteiger partial charge on any atom is -0.326 e. The van der Waals surface area contributed by atoms with Crippen LogP contribution in [-0.4, -0.2) is 0 Å². The van der Waals surface area contributed by atoms with Gasteiger partial charge in [0.1, 0.15) is 0 Å². The van der Waals surface area contributed by atoms with Crippen molar-refractivity contribution in [3.63, 3.8) is 0 Å². The topological polar surface area (TPSA) is 26.0 Å². The lowest BCUT2D eigenvalue weighted by molar-refractivity contribution is 0.420. The summed E-state index contributed by atoms with van der Waals surface area (Å²) in [6.45, 7) is 23.7. The van der Waals surface area contributed by atoms with Gasteiger partial charge in [-0.2, -0.15) is 0 Å². The lowest BCUT2D eigenvalue weighted by Gasteiger charge is -2.28. The van der Waals surface area contributed by atoms with Crippen LogP contribution in [0.25, 0.3) is 72.3 Å². The lowest BCUT2D eigenvalue weighted by Crippen LogP contribution is -2.10. The summed E-state index contributed by atoms with van der Waals surface area (Å²) in [5.41, 5.74) is 33.3. The van der Waals surface area contributed by atoms with Crippen molar-refractivity contribution in [1.29, 1.82) is 0 Å². The van der Waals surface area contributed by atoms with E-state index in [1.165, 1.54) is 143 Å². The Bertz CT molecular complexity index is 3450. The predicted molar refractivity (Wildman–Crippen MR) is 363 cm³/mol. The number of hydrogen-bond donors (Lipinski definition) is 1. The molecule has 420 valence electrons. The van der Waals surface area contributed by atoms with Crippen LogP contribution in [0.1, 0.15) is 133 Å². The number of benzene rings is 9. The molecule has 2 aliphatic carbocycles. The molecule has 1 saturated carbocycles. The number of nitrogens with two attached hydrogens (primary N) is 1. The second-order valence-electron chi connectivity index (χ2n) is 21.0. The van der Waals surface area contributed by atoms with Crippen LogP contribution < -0.4 is 5.73 Å². The molecule has 0 aliphatic heterocycles. The Labute approximate surface area is 495 Å². The van der Waals surface area contributed by atoms with Crippen LogP contribution in [0.4, 0.5) is 0 Å². The molecule has 2 N–H and O–H groups in total. The normalized spacial score (nSPS) is 12.6. The highest BCUT2D eigenvalue weighted by molar-refractivity contribution is 5.81. The Kier molecular flexibility index (Phi) is 25.9. The number of allylic oxidation sites excluding steroid dienone is 8. The third kappa shape index (κ3) is 17.7. The van der Waals surface area contributed by atoms with Crippen molar-refractivity contribution in [2.24, 2.45) is 5.73 Å². The van der Waals surface area contributed by atoms with Crippen molar-refractivity contribution in [3.8, 4) is 66.8 Å². The van der Waals surface area contributed by atoms with E-state index in [2.05, 4.69) is 291 Å². The average Bonchev–Trinajstić information content (AvgIpc) is 3.66. The van der Waals surface area contributed by atoms with Crippen molar-refractivity contribution >= 4 is 5.57 Å². The van der Waals surface area contributed by atoms with Crippen LogP contribution in [0.3, 0.4) is 0 Å². The van der Waals surface area contributed by atoms with Gasteiger partial charge >= 0.3 is 0 Å². The average molecular weight is 1080 g/mol. The minimum atomic E-state index is 0.547. The van der Waals surface area contributed by atoms with E-state index in [1.54, 1.807) is 0 Å². The Morgan fingerprint density at radius 2 is 0.902 bits per heavy atom. The molecule has 2 aliphatic rings. The Morgan fingerprint density at radius 3 is 1.48 bits per heavy atom. The smallest absolute Gasteiger partial charge is 0.0184 e. The third-order valence-electron chi connectivity index (χ3n) is 15.1. The van der Waals surface area contributed by atoms with Crippen LogP contribution in [0, 0.1) is 20.8 Å². The SMILES string of the molecule is C/C(=C\C=C(/C)c1ccc(C)cc1)C1=CC=CCC1.CC.CC.CCC.Cc1c(-c2ccc(-c3ccccc3)cc2)cccc1-c1ccccc1C1CCC1.Cc1ccc(-c2ccc(-c3cccc(-c4ccccc4CN)c3)cc2)cc1. The first-order chi connectivity index (χ1) is 40.1. The van der Waals surface area contributed by atoms with Gasteiger partial charge < -0.3 is 5.73 Å². The van der Waals surface area contributed by atoms with Crippen molar-refractivity contribution in [3.05, 3.63) is 293 Å². The zero-order valence-corrected chi connectivity index (χ0v) is 51.3. The van der Waals surface area contributed by atoms with Crippen molar-refractivity contribution in [2.45, 2.75) is 127 Å². The van der Waals surface area contributed by atoms with Gasteiger partial charge in [-0.3, -0.25) is 0 Å². The molecule has 0 spiro atoms. The molecular weight excluding hydrogens is 987 g/mol. The number of hydrogen-bond acceptors (Lipinski definition) is 1. The highest BCUT2D eigenvalue weighted by Crippen LogP contribution is 2.43. The molecule has 82 heavy (non-hydrogen) atoms. The van der Waals surface area contributed by atoms with Crippen LogP contribution in [-0.2, 0) is 6.54 Å². The molecule has 1 nitrogen and oxygen atoms in total. The van der Waals surface area contributed by atoms with E-state index in [1.807, 2.05) is 33.8 Å². The van der Waals surface area contributed by atoms with Gasteiger partial charge in [-0.25, -0.2) is 0 Å². The molecular formula is C81H91N. The second-order valence-corrected chi connectivity index (χ2v) is 21.0. The Morgan fingerprint density at radius 1 is 0.451 bits per heavy atom. The molecule has 0 amide bonds. The van der Waals surface area contributed by atoms with Crippen LogP contribution in [0.5, 0.6) is 0 Å². The van der Waals surface area contributed by atoms with E-state index in [0.29, 0.717) is 6.54 Å². The van der Waals surface area contributed by atoms with E-state index in [4.69, 9.17) is 5.73 Å². The first-order valence-electron chi connectivity index (χ1n) is 30.3. The second kappa shape index (κ2) is 33.6. The first kappa shape index (κ1) is 63.1. The highest BCUT2D eigenvalue weighted by atomic mass is 14.5. The maximum absolute atomic E-state index is 5.92. The summed E-state index contributed by atoms with van der Waals surface area (Å²) in [5, 5.41) is 0. The van der Waals surface area contributed by atoms with E-state index in [0.717, 1.165) is 18.8 Å². The van der Waals surface area contributed by atoms with Crippen LogP contribution in [0.2, 0.25) is 0 Å². The Hall–Kier alpha value is -8.10. The summed E-state index contributed by atoms with van der Waals surface area (Å²) in [7, 11) is 0. The van der Waals surface area contributed by atoms with Gasteiger partial charge in [0.05, 0.1) is 0 Å². The highest BCUT2D eigenvalue weighted by Gasteiger charge is 2.23. The largest absolute Gasteiger partial charge is 0.326 e. The molecule has 0 aromatic heterocycles. The summed E-state index contributed by atoms with van der Waals surface area (Å²) in [4.78, 5) is 0. The molecule has 9 aromatic carbocycles. The van der Waals surface area contributed by atoms with Gasteiger partial charge in [0.25, 0.3) is 0 Å². The van der Waals surface area contributed by atoms with Crippen molar-refractivity contribution in [1.82, 2.24) is 0 Å². The van der Waals surface area contributed by atoms with Crippen LogP contribution >= 0.6 is 0 Å². The van der Waals surface area contributed by atoms with Crippen molar-refractivity contribution < 1.29 is 0 Å². The summed E-state index contributed by atoms with van der Waals surface area (Å²) in [6.07, 6.45) is 18.7. The lowest BCUT2D eigenvalue weighted by atomic mass is 9.76. The first-order valence-corrected chi connectivity index (χ1v) is 30.3. The van der Waals surface area contributed by atoms with E-state index in [-0.39, 0.29) is 0 Å². The van der Waals surface area contributed by atoms with Gasteiger partial charge in [-0.15, -0.1) is 0 Å². The fourth-order valence-electron chi connectivity index (χ4n) is 10.2. The van der Waals surface area contributed by atoms with E-state index < -0.39 is 0 Å². The molecule has 0 radical (unpaired) electrons. The monoisotopic (exact) mass is 1080 g/mol. The summed E-state index contributed by atoms with van der Waals surface area (Å²) < 4.78 is 0. The molecule has 9 aromatic rings. The fraction of sp³-hybridized carbons (Fsp3) is 0.235. The molecule has 11 rings (SSSR count). The predicted octanol–water partition coefficient (Wildman–Crippen LogP) is 23.8. The molecule has 0 bridgehead atoms. The van der Waals surface area contributed by atoms with Gasteiger partial charge in [0, 0.05) is 6.54 Å². The Balaban J connectivity index is 0.000000191. The van der Waals surface area contributed by atoms with Gasteiger partial charge in [-0.05, 0) is 178 Å². The zero-order chi connectivity index (χ0) is 58.6. The fourth-order valence-corrected chi connectivity index (χ4v) is 10.2. The third-order valence-corrected chi connectivity index (χ3v) is 15.1. The molecule has 1 fully saturated rings. The van der Waals surface area contributed by atoms with Gasteiger partial charge in [0.15, 0.2) is 0 Å². The van der Waals surface area contributed by atoms with E-state index in [9.17, 15) is 0 Å². The van der Waals surface area contributed by atoms with Crippen LogP contribution in [0.15, 0.2) is 260 Å². The minimum absolute atomic E-state index is 0.547. The maximum Gasteiger partial charge on any atom is 0.0184 e. The quantitative estimate of drug-likeness (QED) is 0.128. The summed E-state index contributed by atoms with van der Waals surface area (Å²) >= 11 is 0. The molecule has 1 heteroatoms. The summed E-state index contributed by atoms with van der Waals surface area (Å²) in [6, 6.07) is 78.5. The molecule has 0 saturated heterocycles. The molecule has 0 heterocycles. The molecule has 0 atom stereocenters. The molecule has 0 unspecified atom stereocenters.